The third-order valence-electron chi connectivity index (χ3n) is 8.32. The van der Waals surface area contributed by atoms with Crippen LogP contribution < -0.4 is 0 Å². The summed E-state index contributed by atoms with van der Waals surface area (Å²) in [6, 6.07) is 10.6. The molecule has 0 saturated heterocycles. The van der Waals surface area contributed by atoms with Crippen molar-refractivity contribution in [2.45, 2.75) is 85.1 Å². The Hall–Kier alpha value is -3.55. The summed E-state index contributed by atoms with van der Waals surface area (Å²) < 4.78 is 9.19. The number of hydrogen-bond donors (Lipinski definition) is 0. The molecule has 0 bridgehead atoms. The Morgan fingerprint density at radius 1 is 1.10 bits per heavy atom. The molecular weight excluding hydrogens is 488 g/mol. The number of rotatable bonds is 9. The summed E-state index contributed by atoms with van der Waals surface area (Å²) in [5.41, 5.74) is 7.39. The highest BCUT2D eigenvalue weighted by Gasteiger charge is 2.24. The van der Waals surface area contributed by atoms with Gasteiger partial charge in [-0.1, -0.05) is 61.6 Å². The molecule has 5 rings (SSSR count). The summed E-state index contributed by atoms with van der Waals surface area (Å²) in [5.74, 6) is 2.24. The summed E-state index contributed by atoms with van der Waals surface area (Å²) in [5, 5.41) is 13.5. The van der Waals surface area contributed by atoms with E-state index < -0.39 is 0 Å². The Kier molecular flexibility index (Phi) is 8.10. The standard InChI is InChI=1S/C31H40N6O2/c1-6-39-30(38)18-27(26-14-15-28-31(21(26)3)33-35-36(28)5)24-13-12-20(2)25(17-24)19-37-22(4)32-29(34-37)16-23-10-8-7-9-11-23/h12-15,17,23,27H,6-11,16,18-19H2,1-5H3. The molecular formula is C31H40N6O2. The molecule has 8 heteroatoms. The van der Waals surface area contributed by atoms with E-state index in [0.29, 0.717) is 19.1 Å². The predicted molar refractivity (Wildman–Crippen MR) is 152 cm³/mol. The first-order valence-electron chi connectivity index (χ1n) is 14.3. The van der Waals surface area contributed by atoms with E-state index in [1.165, 1.54) is 43.2 Å². The minimum atomic E-state index is -0.206. The molecule has 39 heavy (non-hydrogen) atoms. The van der Waals surface area contributed by atoms with Crippen LogP contribution in [-0.4, -0.2) is 42.3 Å². The van der Waals surface area contributed by atoms with Crippen LogP contribution in [0, 0.1) is 26.7 Å². The topological polar surface area (TPSA) is 87.7 Å². The molecule has 1 aliphatic rings. The molecule has 1 fully saturated rings. The minimum Gasteiger partial charge on any atom is -0.466 e. The van der Waals surface area contributed by atoms with Crippen LogP contribution in [0.1, 0.15) is 90.8 Å². The van der Waals surface area contributed by atoms with E-state index in [1.807, 2.05) is 31.6 Å². The molecule has 0 spiro atoms. The van der Waals surface area contributed by atoms with Gasteiger partial charge >= 0.3 is 5.97 Å². The van der Waals surface area contributed by atoms with Gasteiger partial charge in [0.05, 0.1) is 25.1 Å². The fourth-order valence-corrected chi connectivity index (χ4v) is 6.02. The smallest absolute Gasteiger partial charge is 0.306 e. The van der Waals surface area contributed by atoms with Crippen LogP contribution in [0.4, 0.5) is 0 Å². The van der Waals surface area contributed by atoms with Crippen LogP contribution in [0.5, 0.6) is 0 Å². The van der Waals surface area contributed by atoms with Crippen LogP contribution in [0.15, 0.2) is 30.3 Å². The number of carbonyl (C=O) groups excluding carboxylic acids is 1. The zero-order valence-electron chi connectivity index (χ0n) is 23.9. The van der Waals surface area contributed by atoms with Crippen molar-refractivity contribution >= 4 is 17.0 Å². The van der Waals surface area contributed by atoms with Crippen LogP contribution >= 0.6 is 0 Å². The molecule has 2 heterocycles. The maximum Gasteiger partial charge on any atom is 0.306 e. The molecule has 1 atom stereocenters. The molecule has 206 valence electrons. The SMILES string of the molecule is CCOC(=O)CC(c1ccc(C)c(Cn2nc(CC3CCCCC3)nc2C)c1)c1ccc2c(nnn2C)c1C. The second kappa shape index (κ2) is 11.7. The van der Waals surface area contributed by atoms with Crippen LogP contribution in [0.25, 0.3) is 11.0 Å². The Labute approximate surface area is 230 Å². The fraction of sp³-hybridized carbons (Fsp3) is 0.516. The van der Waals surface area contributed by atoms with Gasteiger partial charge in [0.25, 0.3) is 0 Å². The van der Waals surface area contributed by atoms with Crippen molar-refractivity contribution in [2.75, 3.05) is 6.61 Å². The van der Waals surface area contributed by atoms with Gasteiger partial charge in [0, 0.05) is 19.4 Å². The Morgan fingerprint density at radius 2 is 1.90 bits per heavy atom. The number of carbonyl (C=O) groups is 1. The molecule has 2 aromatic heterocycles. The fourth-order valence-electron chi connectivity index (χ4n) is 6.02. The molecule has 0 N–H and O–H groups in total. The molecule has 0 amide bonds. The zero-order chi connectivity index (χ0) is 27.5. The molecule has 4 aromatic rings. The van der Waals surface area contributed by atoms with Crippen molar-refractivity contribution in [3.05, 3.63) is 69.8 Å². The van der Waals surface area contributed by atoms with Gasteiger partial charge < -0.3 is 4.74 Å². The van der Waals surface area contributed by atoms with Gasteiger partial charge in [0.2, 0.25) is 0 Å². The molecule has 2 aromatic carbocycles. The van der Waals surface area contributed by atoms with E-state index in [2.05, 4.69) is 48.4 Å². The number of benzene rings is 2. The Balaban J connectivity index is 1.46. The Bertz CT molecular complexity index is 1460. The van der Waals surface area contributed by atoms with Crippen molar-refractivity contribution in [2.24, 2.45) is 13.0 Å². The normalized spacial score (nSPS) is 15.1. The van der Waals surface area contributed by atoms with Gasteiger partial charge in [-0.05, 0) is 67.5 Å². The molecule has 1 saturated carbocycles. The molecule has 1 aliphatic carbocycles. The zero-order valence-corrected chi connectivity index (χ0v) is 23.9. The van der Waals surface area contributed by atoms with E-state index in [1.54, 1.807) is 4.68 Å². The van der Waals surface area contributed by atoms with Crippen molar-refractivity contribution in [3.8, 4) is 0 Å². The van der Waals surface area contributed by atoms with E-state index in [0.717, 1.165) is 45.8 Å². The van der Waals surface area contributed by atoms with Crippen molar-refractivity contribution < 1.29 is 9.53 Å². The van der Waals surface area contributed by atoms with Crippen molar-refractivity contribution in [1.82, 2.24) is 29.8 Å². The minimum absolute atomic E-state index is 0.159. The first-order chi connectivity index (χ1) is 18.8. The summed E-state index contributed by atoms with van der Waals surface area (Å²) >= 11 is 0. The maximum atomic E-state index is 12.8. The van der Waals surface area contributed by atoms with E-state index >= 15 is 0 Å². The summed E-state index contributed by atoms with van der Waals surface area (Å²) in [6.45, 7) is 9.09. The molecule has 1 unspecified atom stereocenters. The number of hydrogen-bond acceptors (Lipinski definition) is 6. The van der Waals surface area contributed by atoms with Gasteiger partial charge in [-0.25, -0.2) is 14.3 Å². The summed E-state index contributed by atoms with van der Waals surface area (Å²) in [6.07, 6.45) is 7.82. The van der Waals surface area contributed by atoms with Gasteiger partial charge in [0.1, 0.15) is 11.3 Å². The lowest BCUT2D eigenvalue weighted by Crippen LogP contribution is -2.14. The van der Waals surface area contributed by atoms with Crippen molar-refractivity contribution in [3.63, 3.8) is 0 Å². The number of fused-ring (bicyclic) bond motifs is 1. The monoisotopic (exact) mass is 528 g/mol. The largest absolute Gasteiger partial charge is 0.466 e. The quantitative estimate of drug-likeness (QED) is 0.257. The lowest BCUT2D eigenvalue weighted by molar-refractivity contribution is -0.143. The highest BCUT2D eigenvalue weighted by molar-refractivity contribution is 5.80. The third kappa shape index (κ3) is 5.89. The van der Waals surface area contributed by atoms with Gasteiger partial charge in [-0.3, -0.25) is 4.79 Å². The highest BCUT2D eigenvalue weighted by Crippen LogP contribution is 2.34. The number of ether oxygens (including phenoxy) is 1. The second-order valence-corrected chi connectivity index (χ2v) is 11.0. The van der Waals surface area contributed by atoms with Gasteiger partial charge in [-0.2, -0.15) is 5.10 Å². The van der Waals surface area contributed by atoms with E-state index in [9.17, 15) is 4.79 Å². The van der Waals surface area contributed by atoms with Crippen LogP contribution in [0.2, 0.25) is 0 Å². The van der Waals surface area contributed by atoms with Gasteiger partial charge in [0.15, 0.2) is 5.82 Å². The molecule has 0 aliphatic heterocycles. The number of nitrogens with zero attached hydrogens (tertiary/aromatic N) is 6. The van der Waals surface area contributed by atoms with Crippen LogP contribution in [-0.2, 0) is 29.5 Å². The second-order valence-electron chi connectivity index (χ2n) is 11.0. The third-order valence-corrected chi connectivity index (χ3v) is 8.32. The summed E-state index contributed by atoms with van der Waals surface area (Å²) in [4.78, 5) is 17.6. The first-order valence-corrected chi connectivity index (χ1v) is 14.3. The first kappa shape index (κ1) is 27.0. The van der Waals surface area contributed by atoms with E-state index in [-0.39, 0.29) is 18.3 Å². The van der Waals surface area contributed by atoms with Gasteiger partial charge in [-0.15, -0.1) is 5.10 Å². The predicted octanol–water partition coefficient (Wildman–Crippen LogP) is 5.74. The number of aromatic nitrogens is 6. The maximum absolute atomic E-state index is 12.8. The summed E-state index contributed by atoms with van der Waals surface area (Å²) in [7, 11) is 1.89. The molecule has 8 nitrogen and oxygen atoms in total. The number of aryl methyl sites for hydroxylation is 4. The molecule has 0 radical (unpaired) electrons. The average Bonchev–Trinajstić information content (AvgIpc) is 3.47. The lowest BCUT2D eigenvalue weighted by Gasteiger charge is -2.21. The van der Waals surface area contributed by atoms with Crippen molar-refractivity contribution in [1.29, 1.82) is 0 Å². The van der Waals surface area contributed by atoms with Crippen LogP contribution in [0.3, 0.4) is 0 Å². The highest BCUT2D eigenvalue weighted by atomic mass is 16.5. The van der Waals surface area contributed by atoms with E-state index in [4.69, 9.17) is 14.8 Å². The Morgan fingerprint density at radius 3 is 2.67 bits per heavy atom. The lowest BCUT2D eigenvalue weighted by atomic mass is 9.84. The average molecular weight is 529 g/mol. The number of esters is 1.